The van der Waals surface area contributed by atoms with E-state index < -0.39 is 31.1 Å². The van der Waals surface area contributed by atoms with Crippen molar-refractivity contribution in [1.82, 2.24) is 19.5 Å². The van der Waals surface area contributed by atoms with Gasteiger partial charge in [0.15, 0.2) is 11.9 Å². The molecular weight excluding hydrogens is 298 g/mol. The molecule has 0 spiro atoms. The van der Waals surface area contributed by atoms with Crippen LogP contribution in [0.3, 0.4) is 0 Å². The molecule has 0 aromatic carbocycles. The number of aliphatic hydroxyl groups excluding tert-OH is 3. The Morgan fingerprint density at radius 2 is 2.10 bits per heavy atom. The van der Waals surface area contributed by atoms with Gasteiger partial charge in [0.25, 0.3) is 0 Å². The first-order valence-electron chi connectivity index (χ1n) is 6.14. The summed E-state index contributed by atoms with van der Waals surface area (Å²) in [5.41, 5.74) is 6.63. The Balaban J connectivity index is 2.06. The summed E-state index contributed by atoms with van der Waals surface area (Å²) >= 11 is 4.90. The molecule has 1 fully saturated rings. The third-order valence-corrected chi connectivity index (χ3v) is 3.58. The molecule has 9 nitrogen and oxygen atoms in total. The molecule has 0 saturated carbocycles. The second-order valence-corrected chi connectivity index (χ2v) is 5.08. The van der Waals surface area contributed by atoms with Crippen molar-refractivity contribution in [2.24, 2.45) is 5.73 Å². The van der Waals surface area contributed by atoms with Gasteiger partial charge in [-0.2, -0.15) is 0 Å². The largest absolute Gasteiger partial charge is 0.394 e. The third-order valence-electron chi connectivity index (χ3n) is 3.38. The molecule has 112 valence electrons. The van der Waals surface area contributed by atoms with Gasteiger partial charge in [-0.1, -0.05) is 12.2 Å². The number of hydrogen-bond donors (Lipinski definition) is 4. The van der Waals surface area contributed by atoms with Gasteiger partial charge >= 0.3 is 0 Å². The zero-order valence-corrected chi connectivity index (χ0v) is 11.5. The molecule has 4 atom stereocenters. The quantitative estimate of drug-likeness (QED) is 0.477. The topological polar surface area (TPSA) is 140 Å². The van der Waals surface area contributed by atoms with Crippen molar-refractivity contribution in [2.45, 2.75) is 24.5 Å². The van der Waals surface area contributed by atoms with Crippen molar-refractivity contribution < 1.29 is 20.1 Å². The van der Waals surface area contributed by atoms with E-state index in [-0.39, 0.29) is 4.99 Å². The Morgan fingerprint density at radius 1 is 1.33 bits per heavy atom. The van der Waals surface area contributed by atoms with E-state index >= 15 is 0 Å². The fourth-order valence-corrected chi connectivity index (χ4v) is 2.48. The maximum Gasteiger partial charge on any atom is 0.166 e. The summed E-state index contributed by atoms with van der Waals surface area (Å²) < 4.78 is 6.88. The number of ether oxygens (including phenoxy) is 1. The highest BCUT2D eigenvalue weighted by Crippen LogP contribution is 2.31. The molecule has 1 saturated heterocycles. The minimum absolute atomic E-state index is 0.0776. The Morgan fingerprint density at radius 3 is 2.71 bits per heavy atom. The van der Waals surface area contributed by atoms with Crippen LogP contribution in [0.15, 0.2) is 12.7 Å². The van der Waals surface area contributed by atoms with Crippen LogP contribution in [0.25, 0.3) is 11.2 Å². The van der Waals surface area contributed by atoms with Crippen molar-refractivity contribution in [3.05, 3.63) is 18.3 Å². The number of nitrogens with zero attached hydrogens (tertiary/aromatic N) is 4. The number of rotatable bonds is 3. The lowest BCUT2D eigenvalue weighted by atomic mass is 10.1. The van der Waals surface area contributed by atoms with Gasteiger partial charge < -0.3 is 25.8 Å². The highest BCUT2D eigenvalue weighted by Gasteiger charge is 2.44. The molecule has 2 aromatic heterocycles. The van der Waals surface area contributed by atoms with Crippen LogP contribution in [0.1, 0.15) is 11.9 Å². The van der Waals surface area contributed by atoms with Gasteiger partial charge in [-0.05, 0) is 0 Å². The average molecular weight is 311 g/mol. The van der Waals surface area contributed by atoms with Crippen LogP contribution in [-0.4, -0.2) is 64.7 Å². The molecule has 0 aliphatic carbocycles. The van der Waals surface area contributed by atoms with E-state index in [9.17, 15) is 10.2 Å². The molecule has 5 N–H and O–H groups in total. The van der Waals surface area contributed by atoms with E-state index in [0.717, 1.165) is 0 Å². The van der Waals surface area contributed by atoms with E-state index in [0.29, 0.717) is 16.9 Å². The van der Waals surface area contributed by atoms with Crippen LogP contribution >= 0.6 is 12.2 Å². The molecule has 3 rings (SSSR count). The van der Waals surface area contributed by atoms with Crippen molar-refractivity contribution in [3.63, 3.8) is 0 Å². The van der Waals surface area contributed by atoms with Crippen LogP contribution < -0.4 is 5.73 Å². The molecule has 2 aromatic rings. The van der Waals surface area contributed by atoms with Crippen molar-refractivity contribution in [2.75, 3.05) is 6.61 Å². The SMILES string of the molecule is NC(=S)c1ncnc2c1ncn2[C@@H]1O[C@@H](CO)[C@@H](O)[C@H]1O. The Bertz CT molecular complexity index is 692. The maximum absolute atomic E-state index is 10.0. The predicted molar refractivity (Wildman–Crippen MR) is 74.2 cm³/mol. The van der Waals surface area contributed by atoms with Crippen molar-refractivity contribution in [1.29, 1.82) is 0 Å². The molecule has 10 heteroatoms. The first-order chi connectivity index (χ1) is 10.0. The molecular formula is C11H13N5O4S. The first-order valence-corrected chi connectivity index (χ1v) is 6.55. The number of thiocarbonyl (C=S) groups is 1. The number of aliphatic hydroxyl groups is 3. The summed E-state index contributed by atoms with van der Waals surface area (Å²) in [5.74, 6) is 0. The highest BCUT2D eigenvalue weighted by atomic mass is 32.1. The summed E-state index contributed by atoms with van der Waals surface area (Å²) in [6.45, 7) is -0.408. The average Bonchev–Trinajstić information content (AvgIpc) is 3.01. The highest BCUT2D eigenvalue weighted by molar-refractivity contribution is 7.80. The van der Waals surface area contributed by atoms with E-state index in [1.165, 1.54) is 17.2 Å². The van der Waals surface area contributed by atoms with E-state index in [1.54, 1.807) is 0 Å². The van der Waals surface area contributed by atoms with Gasteiger partial charge in [0.2, 0.25) is 0 Å². The molecule has 21 heavy (non-hydrogen) atoms. The fraction of sp³-hybridized carbons (Fsp3) is 0.455. The van der Waals surface area contributed by atoms with Gasteiger partial charge in [0, 0.05) is 0 Å². The number of hydrogen-bond acceptors (Lipinski definition) is 8. The number of fused-ring (bicyclic) bond motifs is 1. The number of imidazole rings is 1. The summed E-state index contributed by atoms with van der Waals surface area (Å²) in [6, 6.07) is 0. The van der Waals surface area contributed by atoms with Gasteiger partial charge in [0.1, 0.15) is 40.8 Å². The Labute approximate surface area is 124 Å². The molecule has 1 aliphatic rings. The Hall–Kier alpha value is -1.72. The summed E-state index contributed by atoms with van der Waals surface area (Å²) in [5, 5.41) is 29.0. The number of nitrogens with two attached hydrogens (primary N) is 1. The van der Waals surface area contributed by atoms with Gasteiger partial charge in [0.05, 0.1) is 12.9 Å². The molecule has 0 unspecified atom stereocenters. The smallest absolute Gasteiger partial charge is 0.166 e. The maximum atomic E-state index is 10.0. The first kappa shape index (κ1) is 14.2. The number of aromatic nitrogens is 4. The van der Waals surface area contributed by atoms with Crippen LogP contribution in [-0.2, 0) is 4.74 Å². The Kier molecular flexibility index (Phi) is 3.55. The molecule has 0 amide bonds. The second kappa shape index (κ2) is 5.24. The minimum Gasteiger partial charge on any atom is -0.394 e. The van der Waals surface area contributed by atoms with E-state index in [2.05, 4.69) is 15.0 Å². The second-order valence-electron chi connectivity index (χ2n) is 4.64. The third kappa shape index (κ3) is 2.17. The van der Waals surface area contributed by atoms with Crippen molar-refractivity contribution >= 4 is 28.4 Å². The summed E-state index contributed by atoms with van der Waals surface area (Å²) in [6.07, 6.45) is -1.55. The standard InChI is InChI=1S/C11H13N5O4S/c12-9(21)5-6-10(14-2-13-5)16(3-15-6)11-8(19)7(18)4(1-17)20-11/h2-4,7-8,11,17-19H,1H2,(H2,12,21)/t4-,7+,8+,11+/m0/s1. The minimum atomic E-state index is -1.22. The van der Waals surface area contributed by atoms with E-state index in [1.807, 2.05) is 0 Å². The van der Waals surface area contributed by atoms with Crippen LogP contribution in [0.4, 0.5) is 0 Å². The molecule has 0 bridgehead atoms. The zero-order chi connectivity index (χ0) is 15.1. The van der Waals surface area contributed by atoms with E-state index in [4.69, 9.17) is 27.8 Å². The molecule has 0 radical (unpaired) electrons. The summed E-state index contributed by atoms with van der Waals surface area (Å²) in [4.78, 5) is 12.3. The van der Waals surface area contributed by atoms with Gasteiger partial charge in [-0.25, -0.2) is 15.0 Å². The van der Waals surface area contributed by atoms with Gasteiger partial charge in [-0.3, -0.25) is 4.57 Å². The molecule has 3 heterocycles. The van der Waals surface area contributed by atoms with Crippen LogP contribution in [0, 0.1) is 0 Å². The zero-order valence-electron chi connectivity index (χ0n) is 10.7. The van der Waals surface area contributed by atoms with Crippen LogP contribution in [0.5, 0.6) is 0 Å². The summed E-state index contributed by atoms with van der Waals surface area (Å²) in [7, 11) is 0. The van der Waals surface area contributed by atoms with Gasteiger partial charge in [-0.15, -0.1) is 0 Å². The molecule has 1 aliphatic heterocycles. The van der Waals surface area contributed by atoms with Crippen molar-refractivity contribution in [3.8, 4) is 0 Å². The normalized spacial score (nSPS) is 29.1. The lowest BCUT2D eigenvalue weighted by Crippen LogP contribution is -2.33. The lowest BCUT2D eigenvalue weighted by Gasteiger charge is -2.16. The fourth-order valence-electron chi connectivity index (χ4n) is 2.33. The predicted octanol–water partition coefficient (Wildman–Crippen LogP) is -1.93. The van der Waals surface area contributed by atoms with Crippen LogP contribution in [0.2, 0.25) is 0 Å². The lowest BCUT2D eigenvalue weighted by molar-refractivity contribution is -0.0511. The monoisotopic (exact) mass is 311 g/mol.